The molecule has 1 aromatic heterocycles. The molecule has 0 aliphatic carbocycles. The molecule has 118 valence electrons. The maximum atomic E-state index is 11.0. The average molecular weight is 300 g/mol. The minimum Gasteiger partial charge on any atom is -0.356 e. The van der Waals surface area contributed by atoms with Crippen LogP contribution in [-0.4, -0.2) is 39.9 Å². The maximum absolute atomic E-state index is 11.0. The fraction of sp³-hybridized carbons (Fsp3) is 0.529. The van der Waals surface area contributed by atoms with Gasteiger partial charge in [-0.1, -0.05) is 18.6 Å². The summed E-state index contributed by atoms with van der Waals surface area (Å²) in [6.45, 7) is 4.31. The Morgan fingerprint density at radius 2 is 2.27 bits per heavy atom. The lowest BCUT2D eigenvalue weighted by molar-refractivity contribution is -0.119. The third-order valence-electron chi connectivity index (χ3n) is 4.39. The van der Waals surface area contributed by atoms with E-state index in [9.17, 15) is 4.79 Å². The Bertz CT molecular complexity index is 603. The molecule has 1 amide bonds. The lowest BCUT2D eigenvalue weighted by Gasteiger charge is -2.35. The summed E-state index contributed by atoms with van der Waals surface area (Å²) in [5.74, 6) is 1.09. The molecule has 5 nitrogen and oxygen atoms in total. The van der Waals surface area contributed by atoms with Gasteiger partial charge in [0.25, 0.3) is 0 Å². The predicted octanol–water partition coefficient (Wildman–Crippen LogP) is 2.44. The molecule has 2 heterocycles. The molecule has 0 radical (unpaired) electrons. The molecule has 1 aliphatic rings. The van der Waals surface area contributed by atoms with Crippen LogP contribution < -0.4 is 5.32 Å². The number of H-pyrrole nitrogens is 1. The minimum atomic E-state index is 0.0552. The summed E-state index contributed by atoms with van der Waals surface area (Å²) in [4.78, 5) is 21.6. The molecule has 0 spiro atoms. The van der Waals surface area contributed by atoms with Crippen LogP contribution in [0.1, 0.15) is 38.4 Å². The van der Waals surface area contributed by atoms with Gasteiger partial charge in [-0.25, -0.2) is 4.98 Å². The van der Waals surface area contributed by atoms with Crippen LogP contribution in [0.25, 0.3) is 11.0 Å². The number of hydrogen-bond donors (Lipinski definition) is 2. The van der Waals surface area contributed by atoms with Crippen LogP contribution in [0.2, 0.25) is 0 Å². The van der Waals surface area contributed by atoms with Gasteiger partial charge in [0, 0.05) is 19.5 Å². The molecular formula is C17H24N4O. The van der Waals surface area contributed by atoms with Crippen LogP contribution in [0.3, 0.4) is 0 Å². The van der Waals surface area contributed by atoms with E-state index in [1.165, 1.54) is 19.3 Å². The zero-order valence-electron chi connectivity index (χ0n) is 13.1. The predicted molar refractivity (Wildman–Crippen MR) is 87.4 cm³/mol. The van der Waals surface area contributed by atoms with Gasteiger partial charge in [0.15, 0.2) is 0 Å². The number of nitrogens with one attached hydrogen (secondary N) is 2. The fourth-order valence-electron chi connectivity index (χ4n) is 3.28. The Morgan fingerprint density at radius 3 is 3.09 bits per heavy atom. The lowest BCUT2D eigenvalue weighted by atomic mass is 9.99. The van der Waals surface area contributed by atoms with Crippen molar-refractivity contribution in [3.05, 3.63) is 30.1 Å². The van der Waals surface area contributed by atoms with Crippen molar-refractivity contribution < 1.29 is 4.79 Å². The van der Waals surface area contributed by atoms with Crippen molar-refractivity contribution in [1.29, 1.82) is 0 Å². The quantitative estimate of drug-likeness (QED) is 0.891. The average Bonchev–Trinajstić information content (AvgIpc) is 2.91. The van der Waals surface area contributed by atoms with E-state index in [-0.39, 0.29) is 5.91 Å². The van der Waals surface area contributed by atoms with E-state index < -0.39 is 0 Å². The highest BCUT2D eigenvalue weighted by atomic mass is 16.1. The second kappa shape index (κ2) is 6.92. The highest BCUT2D eigenvalue weighted by Crippen LogP contribution is 2.22. The molecule has 0 unspecified atom stereocenters. The lowest BCUT2D eigenvalue weighted by Crippen LogP contribution is -2.41. The van der Waals surface area contributed by atoms with Gasteiger partial charge in [-0.15, -0.1) is 0 Å². The highest BCUT2D eigenvalue weighted by Gasteiger charge is 2.23. The van der Waals surface area contributed by atoms with Crippen LogP contribution in [-0.2, 0) is 11.3 Å². The number of para-hydroxylation sites is 2. The van der Waals surface area contributed by atoms with Crippen molar-refractivity contribution in [2.24, 2.45) is 0 Å². The zero-order valence-corrected chi connectivity index (χ0v) is 13.1. The van der Waals surface area contributed by atoms with Crippen molar-refractivity contribution in [2.45, 2.75) is 45.2 Å². The van der Waals surface area contributed by atoms with Crippen LogP contribution in [0.5, 0.6) is 0 Å². The first-order valence-corrected chi connectivity index (χ1v) is 8.14. The normalized spacial score (nSPS) is 19.4. The summed E-state index contributed by atoms with van der Waals surface area (Å²) in [5.41, 5.74) is 2.13. The van der Waals surface area contributed by atoms with E-state index in [0.29, 0.717) is 6.04 Å². The van der Waals surface area contributed by atoms with E-state index in [1.54, 1.807) is 6.92 Å². The number of nitrogens with zero attached hydrogens (tertiary/aromatic N) is 2. The molecule has 2 N–H and O–H groups in total. The van der Waals surface area contributed by atoms with Gasteiger partial charge >= 0.3 is 0 Å². The van der Waals surface area contributed by atoms with Gasteiger partial charge in [-0.05, 0) is 37.9 Å². The van der Waals surface area contributed by atoms with E-state index in [1.807, 2.05) is 18.2 Å². The SMILES string of the molecule is CC(=O)NCC[C@H]1CCCCN1Cc1nc2ccccc2[nH]1. The third kappa shape index (κ3) is 3.65. The molecule has 5 heteroatoms. The van der Waals surface area contributed by atoms with Crippen molar-refractivity contribution >= 4 is 16.9 Å². The van der Waals surface area contributed by atoms with E-state index in [2.05, 4.69) is 26.3 Å². The van der Waals surface area contributed by atoms with Crippen LogP contribution in [0, 0.1) is 0 Å². The molecule has 22 heavy (non-hydrogen) atoms. The first-order valence-electron chi connectivity index (χ1n) is 8.14. The number of likely N-dealkylation sites (tertiary alicyclic amines) is 1. The number of hydrogen-bond acceptors (Lipinski definition) is 3. The second-order valence-electron chi connectivity index (χ2n) is 6.09. The summed E-state index contributed by atoms with van der Waals surface area (Å²) in [6, 6.07) is 8.69. The number of aromatic nitrogens is 2. The van der Waals surface area contributed by atoms with Gasteiger partial charge in [0.05, 0.1) is 17.6 Å². The molecule has 0 bridgehead atoms. The Balaban J connectivity index is 1.64. The number of carbonyl (C=O) groups excluding carboxylic acids is 1. The van der Waals surface area contributed by atoms with Crippen molar-refractivity contribution in [3.8, 4) is 0 Å². The maximum Gasteiger partial charge on any atom is 0.216 e. The summed E-state index contributed by atoms with van der Waals surface area (Å²) >= 11 is 0. The van der Waals surface area contributed by atoms with Crippen molar-refractivity contribution in [2.75, 3.05) is 13.1 Å². The Labute approximate surface area is 131 Å². The monoisotopic (exact) mass is 300 g/mol. The van der Waals surface area contributed by atoms with E-state index >= 15 is 0 Å². The summed E-state index contributed by atoms with van der Waals surface area (Å²) in [5, 5.41) is 2.91. The topological polar surface area (TPSA) is 61.0 Å². The Kier molecular flexibility index (Phi) is 4.73. The number of aromatic amines is 1. The minimum absolute atomic E-state index is 0.0552. The van der Waals surface area contributed by atoms with Crippen LogP contribution in [0.4, 0.5) is 0 Å². The van der Waals surface area contributed by atoms with Gasteiger partial charge < -0.3 is 10.3 Å². The summed E-state index contributed by atoms with van der Waals surface area (Å²) in [6.07, 6.45) is 4.75. The van der Waals surface area contributed by atoms with Crippen molar-refractivity contribution in [3.63, 3.8) is 0 Å². The molecule has 2 aromatic rings. The number of imidazole rings is 1. The van der Waals surface area contributed by atoms with Gasteiger partial charge in [0.1, 0.15) is 5.82 Å². The fourth-order valence-corrected chi connectivity index (χ4v) is 3.28. The number of benzene rings is 1. The largest absolute Gasteiger partial charge is 0.356 e. The molecule has 1 saturated heterocycles. The molecule has 1 fully saturated rings. The van der Waals surface area contributed by atoms with Gasteiger partial charge in [0.2, 0.25) is 5.91 Å². The van der Waals surface area contributed by atoms with Crippen molar-refractivity contribution in [1.82, 2.24) is 20.2 Å². The molecule has 1 aliphatic heterocycles. The molecular weight excluding hydrogens is 276 g/mol. The van der Waals surface area contributed by atoms with Crippen LogP contribution >= 0.6 is 0 Å². The Morgan fingerprint density at radius 1 is 1.41 bits per heavy atom. The summed E-state index contributed by atoms with van der Waals surface area (Å²) < 4.78 is 0. The first-order chi connectivity index (χ1) is 10.7. The highest BCUT2D eigenvalue weighted by molar-refractivity contribution is 5.74. The van der Waals surface area contributed by atoms with Crippen LogP contribution in [0.15, 0.2) is 24.3 Å². The smallest absolute Gasteiger partial charge is 0.216 e. The number of rotatable bonds is 5. The molecule has 3 rings (SSSR count). The second-order valence-corrected chi connectivity index (χ2v) is 6.09. The third-order valence-corrected chi connectivity index (χ3v) is 4.39. The standard InChI is InChI=1S/C17H24N4O/c1-13(22)18-10-9-14-6-4-5-11-21(14)12-17-19-15-7-2-3-8-16(15)20-17/h2-3,7-8,14H,4-6,9-12H2,1H3,(H,18,22)(H,19,20)/t14-/m1/s1. The zero-order chi connectivity index (χ0) is 15.4. The number of carbonyl (C=O) groups is 1. The van der Waals surface area contributed by atoms with Gasteiger partial charge in [-0.3, -0.25) is 9.69 Å². The number of piperidine rings is 1. The molecule has 1 aromatic carbocycles. The van der Waals surface area contributed by atoms with E-state index in [0.717, 1.165) is 42.9 Å². The molecule has 0 saturated carbocycles. The molecule has 1 atom stereocenters. The number of amides is 1. The number of fused-ring (bicyclic) bond motifs is 1. The summed E-state index contributed by atoms with van der Waals surface area (Å²) in [7, 11) is 0. The van der Waals surface area contributed by atoms with Gasteiger partial charge in [-0.2, -0.15) is 0 Å². The van der Waals surface area contributed by atoms with E-state index in [4.69, 9.17) is 0 Å². The first kappa shape index (κ1) is 15.0. The Hall–Kier alpha value is -1.88.